The van der Waals surface area contributed by atoms with E-state index in [0.29, 0.717) is 39.0 Å². The van der Waals surface area contributed by atoms with E-state index in [1.165, 1.54) is 29.4 Å². The number of hydrogen-bond acceptors (Lipinski definition) is 5. The first kappa shape index (κ1) is 21.6. The molecule has 1 spiro atoms. The number of piperidine rings is 1. The lowest BCUT2D eigenvalue weighted by atomic mass is 9.96. The van der Waals surface area contributed by atoms with Gasteiger partial charge in [-0.15, -0.1) is 0 Å². The number of hydrogen-bond donors (Lipinski definition) is 0. The Hall–Kier alpha value is -3.20. The molecule has 1 aromatic heterocycles. The lowest BCUT2D eigenvalue weighted by Crippen LogP contribution is -2.60. The maximum absolute atomic E-state index is 13.6. The summed E-state index contributed by atoms with van der Waals surface area (Å²) in [6, 6.07) is 8.08. The molecule has 0 aliphatic carbocycles. The van der Waals surface area contributed by atoms with Crippen molar-refractivity contribution in [2.24, 2.45) is 0 Å². The monoisotopic (exact) mass is 455 g/mol. The van der Waals surface area contributed by atoms with E-state index in [0.717, 1.165) is 12.8 Å². The SMILES string of the molecule is O=C(c1cccc(F)c1)N1CCC2(CC1)OC[C@H](C(=O)N1CCCC1)N2C(=O)c1ccco1. The predicted molar refractivity (Wildman–Crippen MR) is 115 cm³/mol. The molecule has 3 aliphatic heterocycles. The van der Waals surface area contributed by atoms with Crippen LogP contribution in [0.5, 0.6) is 0 Å². The fourth-order valence-corrected chi connectivity index (χ4v) is 5.09. The molecule has 2 aromatic rings. The smallest absolute Gasteiger partial charge is 0.292 e. The molecule has 0 N–H and O–H groups in total. The predicted octanol–water partition coefficient (Wildman–Crippen LogP) is 2.51. The van der Waals surface area contributed by atoms with Crippen LogP contribution in [0.15, 0.2) is 47.1 Å². The van der Waals surface area contributed by atoms with Gasteiger partial charge in [-0.3, -0.25) is 19.3 Å². The number of furan rings is 1. The van der Waals surface area contributed by atoms with Gasteiger partial charge in [0.1, 0.15) is 17.6 Å². The van der Waals surface area contributed by atoms with Crippen molar-refractivity contribution in [3.63, 3.8) is 0 Å². The Morgan fingerprint density at radius 2 is 1.70 bits per heavy atom. The van der Waals surface area contributed by atoms with Crippen LogP contribution in [-0.2, 0) is 9.53 Å². The Morgan fingerprint density at radius 1 is 0.939 bits per heavy atom. The molecular weight excluding hydrogens is 429 g/mol. The van der Waals surface area contributed by atoms with Gasteiger partial charge < -0.3 is 19.0 Å². The van der Waals surface area contributed by atoms with Crippen molar-refractivity contribution in [3.05, 3.63) is 59.8 Å². The van der Waals surface area contributed by atoms with Crippen LogP contribution < -0.4 is 0 Å². The molecule has 0 radical (unpaired) electrons. The fourth-order valence-electron chi connectivity index (χ4n) is 5.09. The van der Waals surface area contributed by atoms with Crippen LogP contribution in [0.1, 0.15) is 46.6 Å². The summed E-state index contributed by atoms with van der Waals surface area (Å²) < 4.78 is 25.1. The largest absolute Gasteiger partial charge is 0.459 e. The number of carbonyl (C=O) groups is 3. The summed E-state index contributed by atoms with van der Waals surface area (Å²) in [4.78, 5) is 44.5. The molecule has 0 saturated carbocycles. The molecule has 33 heavy (non-hydrogen) atoms. The van der Waals surface area contributed by atoms with Gasteiger partial charge in [-0.05, 0) is 43.2 Å². The van der Waals surface area contributed by atoms with Crippen molar-refractivity contribution in [2.45, 2.75) is 37.5 Å². The fraction of sp³-hybridized carbons (Fsp3) is 0.458. The summed E-state index contributed by atoms with van der Waals surface area (Å²) in [5.41, 5.74) is -0.716. The topological polar surface area (TPSA) is 83.3 Å². The minimum Gasteiger partial charge on any atom is -0.459 e. The highest BCUT2D eigenvalue weighted by atomic mass is 19.1. The van der Waals surface area contributed by atoms with E-state index < -0.39 is 17.6 Å². The minimum absolute atomic E-state index is 0.109. The standard InChI is InChI=1S/C24H26FN3O5/c25-18-6-3-5-17(15-18)21(29)27-12-8-24(9-13-27)28(23(31)20-7-4-14-32-20)19(16-33-24)22(30)26-10-1-2-11-26/h3-7,14-15,19H,1-2,8-13,16H2/t19-/m1/s1. The maximum Gasteiger partial charge on any atom is 0.292 e. The second-order valence-corrected chi connectivity index (χ2v) is 8.76. The molecular formula is C24H26FN3O5. The third kappa shape index (κ3) is 3.90. The normalized spacial score (nSPS) is 22.2. The van der Waals surface area contributed by atoms with Gasteiger partial charge in [0.05, 0.1) is 12.9 Å². The van der Waals surface area contributed by atoms with Crippen LogP contribution in [0.2, 0.25) is 0 Å². The highest BCUT2D eigenvalue weighted by Crippen LogP contribution is 2.39. The highest BCUT2D eigenvalue weighted by Gasteiger charge is 2.55. The van der Waals surface area contributed by atoms with E-state index in [9.17, 15) is 18.8 Å². The highest BCUT2D eigenvalue weighted by molar-refractivity contribution is 5.97. The molecule has 3 aliphatic rings. The van der Waals surface area contributed by atoms with Gasteiger partial charge in [-0.1, -0.05) is 6.07 Å². The molecule has 9 heteroatoms. The quantitative estimate of drug-likeness (QED) is 0.710. The van der Waals surface area contributed by atoms with E-state index in [4.69, 9.17) is 9.15 Å². The number of carbonyl (C=O) groups excluding carboxylic acids is 3. The number of halogens is 1. The van der Waals surface area contributed by atoms with Gasteiger partial charge in [0, 0.05) is 44.6 Å². The lowest BCUT2D eigenvalue weighted by Gasteiger charge is -2.44. The van der Waals surface area contributed by atoms with Crippen LogP contribution in [0.4, 0.5) is 4.39 Å². The molecule has 1 atom stereocenters. The van der Waals surface area contributed by atoms with E-state index >= 15 is 0 Å². The Morgan fingerprint density at radius 3 is 2.36 bits per heavy atom. The number of ether oxygens (including phenoxy) is 1. The first-order valence-electron chi connectivity index (χ1n) is 11.3. The number of amides is 3. The summed E-state index contributed by atoms with van der Waals surface area (Å²) in [6.07, 6.45) is 4.03. The van der Waals surface area contributed by atoms with Crippen LogP contribution >= 0.6 is 0 Å². The average molecular weight is 455 g/mol. The van der Waals surface area contributed by atoms with Crippen LogP contribution in [0.25, 0.3) is 0 Å². The van der Waals surface area contributed by atoms with Crippen molar-refractivity contribution < 1.29 is 27.9 Å². The first-order chi connectivity index (χ1) is 16.0. The third-order valence-corrected chi connectivity index (χ3v) is 6.82. The average Bonchev–Trinajstić information content (AvgIpc) is 3.60. The summed E-state index contributed by atoms with van der Waals surface area (Å²) in [5.74, 6) is -1.08. The van der Waals surface area contributed by atoms with E-state index in [1.54, 1.807) is 28.0 Å². The van der Waals surface area contributed by atoms with E-state index in [2.05, 4.69) is 0 Å². The molecule has 174 valence electrons. The summed E-state index contributed by atoms with van der Waals surface area (Å²) in [5, 5.41) is 0. The summed E-state index contributed by atoms with van der Waals surface area (Å²) in [6.45, 7) is 2.12. The van der Waals surface area contributed by atoms with E-state index in [-0.39, 0.29) is 35.7 Å². The van der Waals surface area contributed by atoms with Crippen LogP contribution in [0, 0.1) is 5.82 Å². The summed E-state index contributed by atoms with van der Waals surface area (Å²) in [7, 11) is 0. The number of nitrogens with zero attached hydrogens (tertiary/aromatic N) is 3. The van der Waals surface area contributed by atoms with E-state index in [1.807, 2.05) is 0 Å². The molecule has 5 rings (SSSR count). The molecule has 1 aromatic carbocycles. The molecule has 0 bridgehead atoms. The molecule has 0 unspecified atom stereocenters. The zero-order valence-electron chi connectivity index (χ0n) is 18.2. The van der Waals surface area contributed by atoms with Gasteiger partial charge in [0.2, 0.25) is 5.91 Å². The second kappa shape index (κ2) is 8.62. The van der Waals surface area contributed by atoms with Crippen molar-refractivity contribution in [3.8, 4) is 0 Å². The number of likely N-dealkylation sites (tertiary alicyclic amines) is 2. The van der Waals surface area contributed by atoms with Gasteiger partial charge >= 0.3 is 0 Å². The molecule has 8 nitrogen and oxygen atoms in total. The Balaban J connectivity index is 1.37. The maximum atomic E-state index is 13.6. The third-order valence-electron chi connectivity index (χ3n) is 6.82. The van der Waals surface area contributed by atoms with Gasteiger partial charge in [0.25, 0.3) is 11.8 Å². The number of benzene rings is 1. The minimum atomic E-state index is -0.997. The van der Waals surface area contributed by atoms with Crippen molar-refractivity contribution >= 4 is 17.7 Å². The molecule has 3 amide bonds. The van der Waals surface area contributed by atoms with Gasteiger partial charge in [-0.25, -0.2) is 4.39 Å². The van der Waals surface area contributed by atoms with Gasteiger partial charge in [0.15, 0.2) is 5.76 Å². The lowest BCUT2D eigenvalue weighted by molar-refractivity contribution is -0.136. The molecule has 4 heterocycles. The number of rotatable bonds is 3. The zero-order valence-corrected chi connectivity index (χ0v) is 18.2. The van der Waals surface area contributed by atoms with Crippen LogP contribution in [-0.4, -0.2) is 77.0 Å². The van der Waals surface area contributed by atoms with Crippen LogP contribution in [0.3, 0.4) is 0 Å². The van der Waals surface area contributed by atoms with Gasteiger partial charge in [-0.2, -0.15) is 0 Å². The van der Waals surface area contributed by atoms with Crippen molar-refractivity contribution in [2.75, 3.05) is 32.8 Å². The molecule has 3 saturated heterocycles. The Kier molecular flexibility index (Phi) is 5.65. The Bertz CT molecular complexity index is 1040. The summed E-state index contributed by atoms with van der Waals surface area (Å²) >= 11 is 0. The second-order valence-electron chi connectivity index (χ2n) is 8.76. The van der Waals surface area contributed by atoms with Crippen molar-refractivity contribution in [1.29, 1.82) is 0 Å². The Labute approximate surface area is 190 Å². The van der Waals surface area contributed by atoms with Crippen molar-refractivity contribution in [1.82, 2.24) is 14.7 Å². The first-order valence-corrected chi connectivity index (χ1v) is 11.3. The molecule has 3 fully saturated rings. The zero-order chi connectivity index (χ0) is 23.0.